The maximum atomic E-state index is 12.1. The molecule has 0 bridgehead atoms. The van der Waals surface area contributed by atoms with Gasteiger partial charge in [0.25, 0.3) is 0 Å². The van der Waals surface area contributed by atoms with Crippen molar-refractivity contribution in [3.05, 3.63) is 35.9 Å². The van der Waals surface area contributed by atoms with E-state index < -0.39 is 24.1 Å². The Bertz CT molecular complexity index is 586. The quantitative estimate of drug-likeness (QED) is 0.585. The molecule has 0 saturated carbocycles. The number of esters is 1. The first-order chi connectivity index (χ1) is 11.5. The molecule has 1 heterocycles. The Kier molecular flexibility index (Phi) is 6.35. The van der Waals surface area contributed by atoms with Gasteiger partial charge in [0.2, 0.25) is 0 Å². The van der Waals surface area contributed by atoms with Crippen LogP contribution in [0.15, 0.2) is 30.3 Å². The van der Waals surface area contributed by atoms with Gasteiger partial charge in [-0.05, 0) is 24.3 Å². The molecule has 6 heteroatoms. The Balaban J connectivity index is 1.91. The van der Waals surface area contributed by atoms with Crippen LogP contribution in [0.1, 0.15) is 38.7 Å². The van der Waals surface area contributed by atoms with Gasteiger partial charge in [0.1, 0.15) is 6.61 Å². The van der Waals surface area contributed by atoms with Crippen LogP contribution in [-0.2, 0) is 20.9 Å². The zero-order valence-corrected chi connectivity index (χ0v) is 14.1. The topological polar surface area (TPSA) is 72.9 Å². The van der Waals surface area contributed by atoms with Crippen molar-refractivity contribution < 1.29 is 23.9 Å². The van der Waals surface area contributed by atoms with Crippen LogP contribution in [0.2, 0.25) is 0 Å². The first kappa shape index (κ1) is 18.0. The molecule has 130 valence electrons. The molecule has 1 aromatic rings. The van der Waals surface area contributed by atoms with Gasteiger partial charge in [-0.15, -0.1) is 0 Å². The number of amides is 2. The molecule has 2 unspecified atom stereocenters. The summed E-state index contributed by atoms with van der Waals surface area (Å²) in [6.45, 7) is 4.27. The molecule has 2 rings (SSSR count). The Morgan fingerprint density at radius 3 is 2.71 bits per heavy atom. The van der Waals surface area contributed by atoms with E-state index in [1.807, 2.05) is 30.3 Å². The predicted molar refractivity (Wildman–Crippen MR) is 87.0 cm³/mol. The van der Waals surface area contributed by atoms with Crippen LogP contribution in [0.4, 0.5) is 9.59 Å². The van der Waals surface area contributed by atoms with Crippen molar-refractivity contribution in [2.75, 3.05) is 6.54 Å². The summed E-state index contributed by atoms with van der Waals surface area (Å²) in [6.07, 6.45) is 0.701. The van der Waals surface area contributed by atoms with Crippen LogP contribution < -0.4 is 0 Å². The number of ether oxygens (including phenoxy) is 2. The smallest absolute Gasteiger partial charge is 0.427 e. The van der Waals surface area contributed by atoms with Crippen LogP contribution in [-0.4, -0.2) is 29.6 Å². The molecule has 2 amide bonds. The average molecular weight is 333 g/mol. The lowest BCUT2D eigenvalue weighted by atomic mass is 9.94. The first-order valence-corrected chi connectivity index (χ1v) is 8.25. The van der Waals surface area contributed by atoms with E-state index in [1.165, 1.54) is 0 Å². The number of hydrogen-bond acceptors (Lipinski definition) is 5. The van der Waals surface area contributed by atoms with Gasteiger partial charge in [0.15, 0.2) is 0 Å². The van der Waals surface area contributed by atoms with E-state index in [4.69, 9.17) is 9.47 Å². The Morgan fingerprint density at radius 2 is 2.04 bits per heavy atom. The van der Waals surface area contributed by atoms with Gasteiger partial charge in [-0.3, -0.25) is 4.79 Å². The summed E-state index contributed by atoms with van der Waals surface area (Å²) in [5, 5.41) is 0. The molecule has 0 N–H and O–H groups in total. The van der Waals surface area contributed by atoms with E-state index in [1.54, 1.807) is 0 Å². The largest absolute Gasteiger partial charge is 0.444 e. The van der Waals surface area contributed by atoms with Gasteiger partial charge in [-0.25, -0.2) is 14.5 Å². The number of nitrogens with zero attached hydrogens (tertiary/aromatic N) is 1. The number of benzene rings is 1. The van der Waals surface area contributed by atoms with Crippen molar-refractivity contribution in [1.29, 1.82) is 0 Å². The van der Waals surface area contributed by atoms with E-state index in [-0.39, 0.29) is 13.2 Å². The molecule has 6 nitrogen and oxygen atoms in total. The van der Waals surface area contributed by atoms with Crippen LogP contribution in [0.5, 0.6) is 0 Å². The molecule has 0 aromatic heterocycles. The monoisotopic (exact) mass is 333 g/mol. The van der Waals surface area contributed by atoms with Crippen LogP contribution in [0.3, 0.4) is 0 Å². The molecule has 0 radical (unpaired) electrons. The Hall–Kier alpha value is -2.37. The van der Waals surface area contributed by atoms with Crippen LogP contribution in [0.25, 0.3) is 0 Å². The highest BCUT2D eigenvalue weighted by Crippen LogP contribution is 2.22. The van der Waals surface area contributed by atoms with Crippen molar-refractivity contribution in [1.82, 2.24) is 4.90 Å². The molecule has 1 aromatic carbocycles. The minimum atomic E-state index is -0.960. The molecule has 0 aliphatic carbocycles. The molecule has 1 fully saturated rings. The average Bonchev–Trinajstić information content (AvgIpc) is 2.59. The fraction of sp³-hybridized carbons (Fsp3) is 0.500. The molecule has 1 saturated heterocycles. The van der Waals surface area contributed by atoms with Crippen LogP contribution >= 0.6 is 0 Å². The second-order valence-corrected chi connectivity index (χ2v) is 6.13. The lowest BCUT2D eigenvalue weighted by Crippen LogP contribution is -2.49. The zero-order chi connectivity index (χ0) is 17.5. The molecule has 24 heavy (non-hydrogen) atoms. The Morgan fingerprint density at radius 1 is 1.33 bits per heavy atom. The summed E-state index contributed by atoms with van der Waals surface area (Å²) in [7, 11) is 0. The predicted octanol–water partition coefficient (Wildman–Crippen LogP) is 3.74. The van der Waals surface area contributed by atoms with E-state index in [0.717, 1.165) is 23.3 Å². The highest BCUT2D eigenvalue weighted by Gasteiger charge is 2.38. The van der Waals surface area contributed by atoms with Gasteiger partial charge in [0.05, 0.1) is 5.92 Å². The molecule has 2 atom stereocenters. The summed E-state index contributed by atoms with van der Waals surface area (Å²) < 4.78 is 9.84. The normalized spacial score (nSPS) is 18.9. The highest BCUT2D eigenvalue weighted by atomic mass is 16.6. The van der Waals surface area contributed by atoms with Gasteiger partial charge in [-0.1, -0.05) is 50.6 Å². The number of carbonyl (C=O) groups is 3. The van der Waals surface area contributed by atoms with Crippen molar-refractivity contribution in [3.63, 3.8) is 0 Å². The maximum Gasteiger partial charge on any atom is 0.427 e. The van der Waals surface area contributed by atoms with E-state index >= 15 is 0 Å². The summed E-state index contributed by atoms with van der Waals surface area (Å²) in [6, 6.07) is 9.17. The summed E-state index contributed by atoms with van der Waals surface area (Å²) in [5.74, 6) is -0.565. The van der Waals surface area contributed by atoms with Gasteiger partial charge >= 0.3 is 18.2 Å². The summed E-state index contributed by atoms with van der Waals surface area (Å²) >= 11 is 0. The number of cyclic esters (lactones) is 2. The third kappa shape index (κ3) is 4.81. The van der Waals surface area contributed by atoms with Gasteiger partial charge in [-0.2, -0.15) is 0 Å². The fourth-order valence-electron chi connectivity index (χ4n) is 2.44. The number of carbonyl (C=O) groups excluding carboxylic acids is 3. The number of hydrogen-bond donors (Lipinski definition) is 0. The second kappa shape index (κ2) is 8.47. The summed E-state index contributed by atoms with van der Waals surface area (Å²) in [5.41, 5.74) is 0.820. The third-order valence-corrected chi connectivity index (χ3v) is 4.27. The second-order valence-electron chi connectivity index (χ2n) is 6.13. The van der Waals surface area contributed by atoms with Gasteiger partial charge < -0.3 is 9.47 Å². The van der Waals surface area contributed by atoms with Gasteiger partial charge in [0, 0.05) is 6.54 Å². The maximum absolute atomic E-state index is 12.1. The highest BCUT2D eigenvalue weighted by molar-refractivity contribution is 5.96. The van der Waals surface area contributed by atoms with Crippen molar-refractivity contribution in [2.45, 2.75) is 39.7 Å². The molecular formula is C18H23NO5. The third-order valence-electron chi connectivity index (χ3n) is 4.27. The number of imide groups is 1. The summed E-state index contributed by atoms with van der Waals surface area (Å²) in [4.78, 5) is 36.6. The van der Waals surface area contributed by atoms with Crippen molar-refractivity contribution in [2.24, 2.45) is 11.8 Å². The standard InChI is InChI=1S/C18H23NO5/c1-3-13(2)9-10-15-11-19(18(22)24-16(15)20)17(21)23-12-14-7-5-4-6-8-14/h4-8,13,15H,3,9-12H2,1-2H3. The molecule has 1 aliphatic heterocycles. The van der Waals surface area contributed by atoms with E-state index in [0.29, 0.717) is 12.3 Å². The molecular weight excluding hydrogens is 310 g/mol. The van der Waals surface area contributed by atoms with E-state index in [9.17, 15) is 14.4 Å². The molecule has 1 aliphatic rings. The minimum absolute atomic E-state index is 0.0156. The lowest BCUT2D eigenvalue weighted by Gasteiger charge is -2.28. The first-order valence-electron chi connectivity index (χ1n) is 8.25. The minimum Gasteiger partial charge on any atom is -0.444 e. The van der Waals surface area contributed by atoms with Crippen LogP contribution in [0, 0.1) is 11.8 Å². The zero-order valence-electron chi connectivity index (χ0n) is 14.1. The van der Waals surface area contributed by atoms with E-state index in [2.05, 4.69) is 13.8 Å². The lowest BCUT2D eigenvalue weighted by molar-refractivity contribution is -0.147. The fourth-order valence-corrected chi connectivity index (χ4v) is 2.44. The Labute approximate surface area is 141 Å². The number of rotatable bonds is 6. The van der Waals surface area contributed by atoms with Crippen molar-refractivity contribution in [3.8, 4) is 0 Å². The molecule has 0 spiro atoms. The SMILES string of the molecule is CCC(C)CCC1CN(C(=O)OCc2ccccc2)C(=O)OC1=O. The van der Waals surface area contributed by atoms with Crippen molar-refractivity contribution >= 4 is 18.2 Å².